The number of pyridine rings is 2. The van der Waals surface area contributed by atoms with E-state index in [1.807, 2.05) is 36.5 Å². The van der Waals surface area contributed by atoms with Crippen LogP contribution in [0.3, 0.4) is 0 Å². The fourth-order valence-electron chi connectivity index (χ4n) is 6.09. The van der Waals surface area contributed by atoms with Gasteiger partial charge in [0.25, 0.3) is 0 Å². The van der Waals surface area contributed by atoms with E-state index in [9.17, 15) is 0 Å². The lowest BCUT2D eigenvalue weighted by molar-refractivity contribution is 0.654. The lowest BCUT2D eigenvalue weighted by atomic mass is 9.99. The minimum Gasteiger partial charge on any atom is -0.454 e. The number of hydrogen-bond acceptors (Lipinski definition) is 5. The van der Waals surface area contributed by atoms with Crippen LogP contribution >= 0.6 is 0 Å². The molecule has 0 aliphatic heterocycles. The molecule has 192 valence electrons. The summed E-state index contributed by atoms with van der Waals surface area (Å²) >= 11 is 0. The molecular formula is C36H21N3O2. The Hall–Kier alpha value is -5.68. The van der Waals surface area contributed by atoms with Gasteiger partial charge in [0.1, 0.15) is 16.7 Å². The number of furan rings is 2. The van der Waals surface area contributed by atoms with Crippen molar-refractivity contribution in [2.75, 3.05) is 4.90 Å². The number of hydrogen-bond donors (Lipinski definition) is 0. The van der Waals surface area contributed by atoms with E-state index >= 15 is 0 Å². The maximum absolute atomic E-state index is 6.28. The van der Waals surface area contributed by atoms with Crippen LogP contribution in [-0.2, 0) is 0 Å². The maximum Gasteiger partial charge on any atom is 0.227 e. The zero-order valence-corrected chi connectivity index (χ0v) is 21.8. The lowest BCUT2D eigenvalue weighted by Crippen LogP contribution is -2.11. The first-order chi connectivity index (χ1) is 20.3. The molecule has 0 atom stereocenters. The zero-order valence-electron chi connectivity index (χ0n) is 21.8. The second-order valence-corrected chi connectivity index (χ2v) is 10.3. The van der Waals surface area contributed by atoms with Gasteiger partial charge in [0, 0.05) is 39.5 Å². The number of fused-ring (bicyclic) bond motifs is 9. The average molecular weight is 528 g/mol. The molecule has 5 heteroatoms. The van der Waals surface area contributed by atoms with Crippen LogP contribution in [0.2, 0.25) is 0 Å². The van der Waals surface area contributed by atoms with Crippen LogP contribution in [0.15, 0.2) is 136 Å². The van der Waals surface area contributed by atoms with E-state index in [0.29, 0.717) is 5.71 Å². The third-order valence-electron chi connectivity index (χ3n) is 7.93. The molecule has 0 aliphatic rings. The molecule has 0 aliphatic carbocycles. The second-order valence-electron chi connectivity index (χ2n) is 10.3. The van der Waals surface area contributed by atoms with Crippen molar-refractivity contribution in [3.8, 4) is 0 Å². The Morgan fingerprint density at radius 2 is 1.24 bits per heavy atom. The van der Waals surface area contributed by atoms with E-state index in [4.69, 9.17) is 13.8 Å². The topological polar surface area (TPSA) is 55.3 Å². The van der Waals surface area contributed by atoms with E-state index < -0.39 is 0 Å². The van der Waals surface area contributed by atoms with Crippen molar-refractivity contribution in [3.63, 3.8) is 0 Å². The first-order valence-corrected chi connectivity index (χ1v) is 13.6. The summed E-state index contributed by atoms with van der Waals surface area (Å²) in [7, 11) is 0. The Morgan fingerprint density at radius 3 is 2.17 bits per heavy atom. The molecule has 41 heavy (non-hydrogen) atoms. The summed E-state index contributed by atoms with van der Waals surface area (Å²) in [6, 6.07) is 39.8. The number of para-hydroxylation sites is 1. The summed E-state index contributed by atoms with van der Waals surface area (Å²) in [4.78, 5) is 11.6. The molecule has 9 aromatic rings. The van der Waals surface area contributed by atoms with Gasteiger partial charge < -0.3 is 13.7 Å². The second kappa shape index (κ2) is 8.41. The van der Waals surface area contributed by atoms with Gasteiger partial charge in [-0.1, -0.05) is 60.7 Å². The average Bonchev–Trinajstić information content (AvgIpc) is 3.59. The van der Waals surface area contributed by atoms with Crippen molar-refractivity contribution in [2.24, 2.45) is 0 Å². The van der Waals surface area contributed by atoms with Gasteiger partial charge >= 0.3 is 0 Å². The summed E-state index contributed by atoms with van der Waals surface area (Å²) < 4.78 is 12.3. The van der Waals surface area contributed by atoms with Crippen LogP contribution in [0, 0.1) is 0 Å². The molecule has 5 nitrogen and oxygen atoms in total. The minimum atomic E-state index is 0.632. The highest BCUT2D eigenvalue weighted by molar-refractivity contribution is 6.15. The van der Waals surface area contributed by atoms with Gasteiger partial charge in [-0.3, -0.25) is 0 Å². The predicted octanol–water partition coefficient (Wildman–Crippen LogP) is 10.1. The molecule has 0 fully saturated rings. The van der Waals surface area contributed by atoms with Crippen molar-refractivity contribution in [1.29, 1.82) is 0 Å². The van der Waals surface area contributed by atoms with E-state index in [1.165, 1.54) is 16.2 Å². The first-order valence-electron chi connectivity index (χ1n) is 13.6. The zero-order chi connectivity index (χ0) is 26.9. The molecule has 5 aromatic carbocycles. The molecule has 0 bridgehead atoms. The van der Waals surface area contributed by atoms with Crippen LogP contribution < -0.4 is 4.90 Å². The number of benzene rings is 5. The van der Waals surface area contributed by atoms with Crippen molar-refractivity contribution in [3.05, 3.63) is 128 Å². The predicted molar refractivity (Wildman–Crippen MR) is 166 cm³/mol. The third kappa shape index (κ3) is 3.29. The normalized spacial score (nSPS) is 11.9. The highest BCUT2D eigenvalue weighted by Crippen LogP contribution is 2.44. The fourth-order valence-corrected chi connectivity index (χ4v) is 6.09. The largest absolute Gasteiger partial charge is 0.454 e. The minimum absolute atomic E-state index is 0.632. The van der Waals surface area contributed by atoms with Gasteiger partial charge in [-0.15, -0.1) is 0 Å². The van der Waals surface area contributed by atoms with Crippen LogP contribution in [0.1, 0.15) is 0 Å². The summed E-state index contributed by atoms with van der Waals surface area (Å²) in [5.74, 6) is 0. The molecule has 0 spiro atoms. The van der Waals surface area contributed by atoms with E-state index in [1.54, 1.807) is 6.20 Å². The molecule has 0 radical (unpaired) electrons. The highest BCUT2D eigenvalue weighted by Gasteiger charge is 2.21. The number of aromatic nitrogens is 2. The number of nitrogens with zero attached hydrogens (tertiary/aromatic N) is 3. The molecule has 0 unspecified atom stereocenters. The van der Waals surface area contributed by atoms with Crippen molar-refractivity contribution >= 4 is 82.7 Å². The van der Waals surface area contributed by atoms with Gasteiger partial charge in [0.15, 0.2) is 5.58 Å². The van der Waals surface area contributed by atoms with Crippen molar-refractivity contribution in [1.82, 2.24) is 9.97 Å². The first kappa shape index (κ1) is 22.2. The molecular weight excluding hydrogens is 506 g/mol. The third-order valence-corrected chi connectivity index (χ3v) is 7.93. The van der Waals surface area contributed by atoms with Gasteiger partial charge in [0.05, 0.1) is 17.6 Å². The fraction of sp³-hybridized carbons (Fsp3) is 0. The molecule has 0 saturated carbocycles. The Labute approximate surface area is 233 Å². The van der Waals surface area contributed by atoms with Gasteiger partial charge in [-0.25, -0.2) is 9.97 Å². The quantitative estimate of drug-likeness (QED) is 0.214. The SMILES string of the molecule is c1ccc2c(c1)cc(N(c1cnc3c(c1)oc1ccccc13)c1ccc3oc4ncccc4c3c1)c1ccccc12. The number of rotatable bonds is 3. The monoisotopic (exact) mass is 527 g/mol. The van der Waals surface area contributed by atoms with Gasteiger partial charge in [-0.05, 0) is 64.7 Å². The van der Waals surface area contributed by atoms with Crippen LogP contribution in [-0.4, -0.2) is 9.97 Å². The lowest BCUT2D eigenvalue weighted by Gasteiger charge is -2.27. The molecule has 4 heterocycles. The Kier molecular flexibility index (Phi) is 4.55. The Morgan fingerprint density at radius 1 is 0.488 bits per heavy atom. The standard InChI is InChI=1S/C36H21N3O2/c1-2-9-25-22(8-1)18-31(27-11-4-3-10-26(25)27)39(23-15-16-33-30(19-23)28-13-7-17-37-36(28)41-33)24-20-34-35(38-21-24)29-12-5-6-14-32(29)40-34/h1-21H. The summed E-state index contributed by atoms with van der Waals surface area (Å²) in [5.41, 5.74) is 6.82. The summed E-state index contributed by atoms with van der Waals surface area (Å²) in [5, 5.41) is 7.74. The maximum atomic E-state index is 6.28. The van der Waals surface area contributed by atoms with Gasteiger partial charge in [0.2, 0.25) is 5.71 Å². The smallest absolute Gasteiger partial charge is 0.227 e. The molecule has 9 rings (SSSR count). The Bertz CT molecular complexity index is 2450. The molecule has 4 aromatic heterocycles. The van der Waals surface area contributed by atoms with Crippen LogP contribution in [0.25, 0.3) is 65.7 Å². The highest BCUT2D eigenvalue weighted by atomic mass is 16.3. The molecule has 0 N–H and O–H groups in total. The molecule has 0 saturated heterocycles. The summed E-state index contributed by atoms with van der Waals surface area (Å²) in [6.45, 7) is 0. The van der Waals surface area contributed by atoms with E-state index in [0.717, 1.165) is 60.9 Å². The van der Waals surface area contributed by atoms with Crippen molar-refractivity contribution < 1.29 is 8.83 Å². The van der Waals surface area contributed by atoms with E-state index in [-0.39, 0.29) is 0 Å². The molecule has 0 amide bonds. The van der Waals surface area contributed by atoms with Crippen molar-refractivity contribution in [2.45, 2.75) is 0 Å². The van der Waals surface area contributed by atoms with Crippen LogP contribution in [0.4, 0.5) is 17.1 Å². The van der Waals surface area contributed by atoms with Gasteiger partial charge in [-0.2, -0.15) is 0 Å². The Balaban J connectivity index is 1.37. The van der Waals surface area contributed by atoms with E-state index in [2.05, 4.69) is 94.8 Å². The summed E-state index contributed by atoms with van der Waals surface area (Å²) in [6.07, 6.45) is 3.70. The number of anilines is 3. The van der Waals surface area contributed by atoms with Crippen LogP contribution in [0.5, 0.6) is 0 Å².